The Morgan fingerprint density at radius 3 is 2.74 bits per heavy atom. The van der Waals surface area contributed by atoms with Gasteiger partial charge in [0.2, 0.25) is 17.6 Å². The van der Waals surface area contributed by atoms with Gasteiger partial charge in [-0.25, -0.2) is 8.78 Å². The normalized spacial score (nSPS) is 14.8. The number of carbonyl (C=O) groups excluding carboxylic acids is 1. The lowest BCUT2D eigenvalue weighted by molar-refractivity contribution is -0.132. The highest BCUT2D eigenvalue weighted by Crippen LogP contribution is 2.21. The molecule has 1 aromatic carbocycles. The van der Waals surface area contributed by atoms with Gasteiger partial charge in [-0.1, -0.05) is 11.2 Å². The number of nitrogens with zero attached hydrogens (tertiary/aromatic N) is 4. The van der Waals surface area contributed by atoms with E-state index in [1.807, 2.05) is 17.5 Å². The van der Waals surface area contributed by atoms with Crippen LogP contribution in [-0.4, -0.2) is 58.6 Å². The molecule has 2 aromatic heterocycles. The molecule has 0 saturated carbocycles. The summed E-state index contributed by atoms with van der Waals surface area (Å²) in [6, 6.07) is 7.27. The molecule has 3 heterocycles. The van der Waals surface area contributed by atoms with Crippen molar-refractivity contribution in [3.8, 4) is 10.7 Å². The Balaban J connectivity index is 1.16. The maximum atomic E-state index is 13.7. The van der Waals surface area contributed by atoms with E-state index in [1.165, 1.54) is 0 Å². The first-order valence-electron chi connectivity index (χ1n) is 10.4. The van der Waals surface area contributed by atoms with E-state index in [-0.39, 0.29) is 24.3 Å². The van der Waals surface area contributed by atoms with Gasteiger partial charge in [0.05, 0.1) is 4.88 Å². The highest BCUT2D eigenvalue weighted by molar-refractivity contribution is 7.13. The summed E-state index contributed by atoms with van der Waals surface area (Å²) in [6.45, 7) is 3.78. The van der Waals surface area contributed by atoms with Crippen LogP contribution < -0.4 is 0 Å². The minimum Gasteiger partial charge on any atom is -0.340 e. The fraction of sp³-hybridized carbons (Fsp3) is 0.409. The molecule has 0 N–H and O–H groups in total. The van der Waals surface area contributed by atoms with E-state index >= 15 is 0 Å². The molecule has 0 spiro atoms. The van der Waals surface area contributed by atoms with Crippen molar-refractivity contribution in [3.05, 3.63) is 58.8 Å². The summed E-state index contributed by atoms with van der Waals surface area (Å²) in [5.74, 6) is 0.302. The second-order valence-corrected chi connectivity index (χ2v) is 8.50. The maximum Gasteiger partial charge on any atom is 0.227 e. The van der Waals surface area contributed by atoms with Crippen LogP contribution in [0.15, 0.2) is 40.2 Å². The number of aryl methyl sites for hydroxylation is 2. The molecular weight excluding hydrogens is 422 g/mol. The fourth-order valence-corrected chi connectivity index (χ4v) is 4.32. The number of hydrogen-bond acceptors (Lipinski definition) is 6. The van der Waals surface area contributed by atoms with E-state index in [0.29, 0.717) is 24.8 Å². The third-order valence-electron chi connectivity index (χ3n) is 5.42. The molecule has 0 aliphatic carbocycles. The van der Waals surface area contributed by atoms with E-state index in [1.54, 1.807) is 16.2 Å². The van der Waals surface area contributed by atoms with Gasteiger partial charge in [0, 0.05) is 39.0 Å². The molecule has 0 bridgehead atoms. The van der Waals surface area contributed by atoms with Crippen LogP contribution in [0.2, 0.25) is 0 Å². The molecule has 1 amide bonds. The van der Waals surface area contributed by atoms with Gasteiger partial charge >= 0.3 is 0 Å². The van der Waals surface area contributed by atoms with Crippen LogP contribution in [0.3, 0.4) is 0 Å². The first-order chi connectivity index (χ1) is 15.1. The van der Waals surface area contributed by atoms with Gasteiger partial charge in [0.1, 0.15) is 11.6 Å². The Morgan fingerprint density at radius 2 is 1.97 bits per heavy atom. The van der Waals surface area contributed by atoms with E-state index < -0.39 is 11.6 Å². The van der Waals surface area contributed by atoms with Crippen LogP contribution in [0.25, 0.3) is 10.7 Å². The summed E-state index contributed by atoms with van der Waals surface area (Å²) >= 11 is 1.58. The number of thiophene rings is 1. The van der Waals surface area contributed by atoms with Crippen molar-refractivity contribution in [3.63, 3.8) is 0 Å². The predicted octanol–water partition coefficient (Wildman–Crippen LogP) is 3.79. The lowest BCUT2D eigenvalue weighted by atomic mass is 10.1. The second-order valence-electron chi connectivity index (χ2n) is 7.55. The standard InChI is InChI=1S/C22H24F2N4O2S/c23-17-6-7-18(24)16(15-17)5-8-21(29)28-12-10-27(11-13-28)9-1-4-20-25-22(26-30-20)19-3-2-14-31-19/h2-3,6-7,14-15H,1,4-5,8-13H2. The first-order valence-corrected chi connectivity index (χ1v) is 11.3. The van der Waals surface area contributed by atoms with Crippen LogP contribution in [0, 0.1) is 11.6 Å². The molecule has 0 radical (unpaired) electrons. The maximum absolute atomic E-state index is 13.7. The summed E-state index contributed by atoms with van der Waals surface area (Å²) in [7, 11) is 0. The number of halogens is 2. The zero-order chi connectivity index (χ0) is 21.6. The molecule has 1 aliphatic heterocycles. The second kappa shape index (κ2) is 10.1. The van der Waals surface area contributed by atoms with E-state index in [4.69, 9.17) is 4.52 Å². The van der Waals surface area contributed by atoms with Crippen molar-refractivity contribution in [2.24, 2.45) is 0 Å². The number of hydrogen-bond donors (Lipinski definition) is 0. The third kappa shape index (κ3) is 5.74. The average Bonchev–Trinajstić information content (AvgIpc) is 3.47. The predicted molar refractivity (Wildman–Crippen MR) is 114 cm³/mol. The summed E-state index contributed by atoms with van der Waals surface area (Å²) in [5.41, 5.74) is 0.246. The van der Waals surface area contributed by atoms with Crippen molar-refractivity contribution in [1.29, 1.82) is 0 Å². The molecule has 4 rings (SSSR count). The quantitative estimate of drug-likeness (QED) is 0.527. The number of amides is 1. The van der Waals surface area contributed by atoms with Gasteiger partial charge in [0.25, 0.3) is 0 Å². The van der Waals surface area contributed by atoms with Gasteiger partial charge in [-0.15, -0.1) is 11.3 Å². The smallest absolute Gasteiger partial charge is 0.227 e. The van der Waals surface area contributed by atoms with Crippen molar-refractivity contribution in [2.75, 3.05) is 32.7 Å². The zero-order valence-electron chi connectivity index (χ0n) is 17.1. The Hall–Kier alpha value is -2.65. The molecule has 1 saturated heterocycles. The molecule has 1 fully saturated rings. The molecule has 31 heavy (non-hydrogen) atoms. The van der Waals surface area contributed by atoms with Crippen molar-refractivity contribution < 1.29 is 18.1 Å². The molecule has 0 unspecified atom stereocenters. The summed E-state index contributed by atoms with van der Waals surface area (Å²) in [4.78, 5) is 22.0. The number of piperazine rings is 1. The van der Waals surface area contributed by atoms with Crippen LogP contribution in [-0.2, 0) is 17.6 Å². The Morgan fingerprint density at radius 1 is 1.13 bits per heavy atom. The number of aromatic nitrogens is 2. The van der Waals surface area contributed by atoms with Gasteiger partial charge in [-0.3, -0.25) is 9.69 Å². The summed E-state index contributed by atoms with van der Waals surface area (Å²) in [5, 5.41) is 6.01. The van der Waals surface area contributed by atoms with Gasteiger partial charge in [0.15, 0.2) is 0 Å². The van der Waals surface area contributed by atoms with E-state index in [0.717, 1.165) is 55.6 Å². The fourth-order valence-electron chi connectivity index (χ4n) is 3.67. The first kappa shape index (κ1) is 21.6. The Bertz CT molecular complexity index is 1000. The van der Waals surface area contributed by atoms with Crippen molar-refractivity contribution in [1.82, 2.24) is 19.9 Å². The zero-order valence-corrected chi connectivity index (χ0v) is 17.9. The largest absolute Gasteiger partial charge is 0.340 e. The van der Waals surface area contributed by atoms with Gasteiger partial charge < -0.3 is 9.42 Å². The minimum atomic E-state index is -0.485. The molecule has 0 atom stereocenters. The van der Waals surface area contributed by atoms with Crippen LogP contribution in [0.5, 0.6) is 0 Å². The van der Waals surface area contributed by atoms with Crippen LogP contribution in [0.1, 0.15) is 24.3 Å². The SMILES string of the molecule is O=C(CCc1cc(F)ccc1F)N1CCN(CCCc2nc(-c3cccs3)no2)CC1. The molecule has 1 aliphatic rings. The topological polar surface area (TPSA) is 62.5 Å². The molecule has 6 nitrogen and oxygen atoms in total. The van der Waals surface area contributed by atoms with Crippen LogP contribution in [0.4, 0.5) is 8.78 Å². The third-order valence-corrected chi connectivity index (χ3v) is 6.28. The van der Waals surface area contributed by atoms with Crippen LogP contribution >= 0.6 is 11.3 Å². The Kier molecular flexibility index (Phi) is 7.03. The van der Waals surface area contributed by atoms with E-state index in [9.17, 15) is 13.6 Å². The average molecular weight is 447 g/mol. The number of rotatable bonds is 8. The number of carbonyl (C=O) groups is 1. The summed E-state index contributed by atoms with van der Waals surface area (Å²) < 4.78 is 32.3. The highest BCUT2D eigenvalue weighted by atomic mass is 32.1. The Labute approximate surface area is 183 Å². The van der Waals surface area contributed by atoms with Crippen molar-refractivity contribution in [2.45, 2.75) is 25.7 Å². The minimum absolute atomic E-state index is 0.0183. The molecule has 9 heteroatoms. The van der Waals surface area contributed by atoms with Gasteiger partial charge in [-0.05, 0) is 54.6 Å². The lowest BCUT2D eigenvalue weighted by Crippen LogP contribution is -2.48. The summed E-state index contributed by atoms with van der Waals surface area (Å²) in [6.07, 6.45) is 2.01. The monoisotopic (exact) mass is 446 g/mol. The molecule has 164 valence electrons. The molecular formula is C22H24F2N4O2S. The lowest BCUT2D eigenvalue weighted by Gasteiger charge is -2.34. The van der Waals surface area contributed by atoms with Crippen molar-refractivity contribution >= 4 is 17.2 Å². The number of benzene rings is 1. The molecule has 3 aromatic rings. The highest BCUT2D eigenvalue weighted by Gasteiger charge is 2.21. The van der Waals surface area contributed by atoms with Gasteiger partial charge in [-0.2, -0.15) is 4.98 Å². The van der Waals surface area contributed by atoms with E-state index in [2.05, 4.69) is 15.0 Å².